The van der Waals surface area contributed by atoms with Crippen LogP contribution in [0.1, 0.15) is 5.56 Å². The highest BCUT2D eigenvalue weighted by molar-refractivity contribution is 5.98. The first-order valence-corrected chi connectivity index (χ1v) is 4.09. The van der Waals surface area contributed by atoms with E-state index in [1.807, 2.05) is 19.1 Å². The summed E-state index contributed by atoms with van der Waals surface area (Å²) in [4.78, 5) is 4.21. The van der Waals surface area contributed by atoms with Crippen LogP contribution in [0.5, 0.6) is 0 Å². The molecule has 4 N–H and O–H groups in total. The summed E-state index contributed by atoms with van der Waals surface area (Å²) in [5, 5.41) is 0.961. The van der Waals surface area contributed by atoms with E-state index in [1.54, 1.807) is 12.3 Å². The smallest absolute Gasteiger partial charge is 0.0726 e. The number of nitrogens with zero attached hydrogens (tertiary/aromatic N) is 1. The van der Waals surface area contributed by atoms with Crippen molar-refractivity contribution in [2.45, 2.75) is 6.92 Å². The van der Waals surface area contributed by atoms with Crippen LogP contribution in [0.15, 0.2) is 24.4 Å². The second-order valence-corrected chi connectivity index (χ2v) is 3.09. The van der Waals surface area contributed by atoms with E-state index in [4.69, 9.17) is 11.5 Å². The molecule has 0 saturated carbocycles. The van der Waals surface area contributed by atoms with E-state index in [0.29, 0.717) is 11.4 Å². The molecule has 0 spiro atoms. The SMILES string of the molecule is Cc1ccnc2ccc(N)c(N)c12. The summed E-state index contributed by atoms with van der Waals surface area (Å²) in [6.45, 7) is 2.00. The maximum atomic E-state index is 5.85. The average Bonchev–Trinajstić information content (AvgIpc) is 2.12. The molecular formula is C10H11N3. The third-order valence-electron chi connectivity index (χ3n) is 2.19. The molecule has 13 heavy (non-hydrogen) atoms. The van der Waals surface area contributed by atoms with Gasteiger partial charge in [0.25, 0.3) is 0 Å². The van der Waals surface area contributed by atoms with Crippen molar-refractivity contribution in [2.75, 3.05) is 11.5 Å². The molecule has 0 unspecified atom stereocenters. The van der Waals surface area contributed by atoms with Gasteiger partial charge in [-0.1, -0.05) is 0 Å². The number of nitrogens with two attached hydrogens (primary N) is 2. The first-order chi connectivity index (χ1) is 6.20. The van der Waals surface area contributed by atoms with Crippen LogP contribution in [0, 0.1) is 6.92 Å². The maximum Gasteiger partial charge on any atom is 0.0726 e. The summed E-state index contributed by atoms with van der Waals surface area (Å²) in [7, 11) is 0. The Hall–Kier alpha value is -1.77. The third kappa shape index (κ3) is 1.09. The number of nitrogen functional groups attached to an aromatic ring is 2. The zero-order valence-corrected chi connectivity index (χ0v) is 7.41. The predicted molar refractivity (Wildman–Crippen MR) is 55.3 cm³/mol. The highest BCUT2D eigenvalue weighted by atomic mass is 14.7. The molecule has 0 aliphatic heterocycles. The lowest BCUT2D eigenvalue weighted by atomic mass is 10.1. The van der Waals surface area contributed by atoms with Crippen molar-refractivity contribution in [3.63, 3.8) is 0 Å². The van der Waals surface area contributed by atoms with E-state index < -0.39 is 0 Å². The van der Waals surface area contributed by atoms with Gasteiger partial charge in [-0.2, -0.15) is 0 Å². The van der Waals surface area contributed by atoms with Gasteiger partial charge in [-0.25, -0.2) is 0 Å². The van der Waals surface area contributed by atoms with Crippen LogP contribution >= 0.6 is 0 Å². The van der Waals surface area contributed by atoms with Crippen molar-refractivity contribution in [1.29, 1.82) is 0 Å². The summed E-state index contributed by atoms with van der Waals surface area (Å²) >= 11 is 0. The molecule has 0 amide bonds. The number of pyridine rings is 1. The van der Waals surface area contributed by atoms with E-state index in [1.165, 1.54) is 0 Å². The Kier molecular flexibility index (Phi) is 1.59. The molecule has 0 radical (unpaired) electrons. The Morgan fingerprint density at radius 1 is 1.15 bits per heavy atom. The Morgan fingerprint density at radius 3 is 2.69 bits per heavy atom. The summed E-state index contributed by atoms with van der Waals surface area (Å²) in [6.07, 6.45) is 1.77. The van der Waals surface area contributed by atoms with Crippen molar-refractivity contribution in [3.05, 3.63) is 30.0 Å². The van der Waals surface area contributed by atoms with Crippen LogP contribution < -0.4 is 11.5 Å². The number of aromatic nitrogens is 1. The van der Waals surface area contributed by atoms with Crippen molar-refractivity contribution in [1.82, 2.24) is 4.98 Å². The zero-order chi connectivity index (χ0) is 9.42. The van der Waals surface area contributed by atoms with Crippen molar-refractivity contribution >= 4 is 22.3 Å². The Balaban J connectivity index is 2.97. The van der Waals surface area contributed by atoms with Crippen LogP contribution in [0.2, 0.25) is 0 Å². The minimum atomic E-state index is 0.614. The minimum absolute atomic E-state index is 0.614. The summed E-state index contributed by atoms with van der Waals surface area (Å²) in [5.41, 5.74) is 14.8. The van der Waals surface area contributed by atoms with Gasteiger partial charge in [-0.05, 0) is 30.7 Å². The fraction of sp³-hybridized carbons (Fsp3) is 0.100. The molecule has 2 rings (SSSR count). The lowest BCUT2D eigenvalue weighted by Gasteiger charge is -2.06. The van der Waals surface area contributed by atoms with Crippen molar-refractivity contribution in [2.24, 2.45) is 0 Å². The number of anilines is 2. The van der Waals surface area contributed by atoms with Crippen molar-refractivity contribution in [3.8, 4) is 0 Å². The van der Waals surface area contributed by atoms with Gasteiger partial charge in [0.1, 0.15) is 0 Å². The first-order valence-electron chi connectivity index (χ1n) is 4.09. The molecule has 1 aromatic heterocycles. The largest absolute Gasteiger partial charge is 0.397 e. The molecule has 66 valence electrons. The van der Waals surface area contributed by atoms with Gasteiger partial charge in [0.15, 0.2) is 0 Å². The standard InChI is InChI=1S/C10H11N3/c1-6-4-5-13-8-3-2-7(11)10(12)9(6)8/h2-5H,11-12H2,1H3. The van der Waals surface area contributed by atoms with E-state index >= 15 is 0 Å². The molecule has 1 aromatic carbocycles. The number of hydrogen-bond acceptors (Lipinski definition) is 3. The number of hydrogen-bond donors (Lipinski definition) is 2. The molecule has 3 heteroatoms. The molecule has 0 bridgehead atoms. The van der Waals surface area contributed by atoms with Crippen LogP contribution in [0.4, 0.5) is 11.4 Å². The van der Waals surface area contributed by atoms with Crippen LogP contribution in [-0.4, -0.2) is 4.98 Å². The number of fused-ring (bicyclic) bond motifs is 1. The van der Waals surface area contributed by atoms with Gasteiger partial charge in [0.05, 0.1) is 16.9 Å². The van der Waals surface area contributed by atoms with Gasteiger partial charge < -0.3 is 11.5 Å². The maximum absolute atomic E-state index is 5.85. The molecule has 2 aromatic rings. The average molecular weight is 173 g/mol. The van der Waals surface area contributed by atoms with E-state index in [2.05, 4.69) is 4.98 Å². The van der Waals surface area contributed by atoms with Gasteiger partial charge in [0, 0.05) is 11.6 Å². The summed E-state index contributed by atoms with van der Waals surface area (Å²) in [5.74, 6) is 0. The summed E-state index contributed by atoms with van der Waals surface area (Å²) in [6, 6.07) is 5.59. The molecule has 3 nitrogen and oxygen atoms in total. The molecule has 0 saturated heterocycles. The molecule has 0 fully saturated rings. The number of rotatable bonds is 0. The highest BCUT2D eigenvalue weighted by Gasteiger charge is 2.04. The first kappa shape index (κ1) is 7.86. The normalized spacial score (nSPS) is 10.5. The van der Waals surface area contributed by atoms with Crippen LogP contribution in [0.3, 0.4) is 0 Å². The Labute approximate surface area is 76.4 Å². The van der Waals surface area contributed by atoms with E-state index in [9.17, 15) is 0 Å². The molecule has 0 aliphatic carbocycles. The third-order valence-corrected chi connectivity index (χ3v) is 2.19. The fourth-order valence-corrected chi connectivity index (χ4v) is 1.46. The lowest BCUT2D eigenvalue weighted by Crippen LogP contribution is -1.97. The number of aryl methyl sites for hydroxylation is 1. The van der Waals surface area contributed by atoms with E-state index in [-0.39, 0.29) is 0 Å². The van der Waals surface area contributed by atoms with Crippen molar-refractivity contribution < 1.29 is 0 Å². The lowest BCUT2D eigenvalue weighted by molar-refractivity contribution is 1.37. The monoisotopic (exact) mass is 173 g/mol. The Bertz CT molecular complexity index is 463. The van der Waals surface area contributed by atoms with Gasteiger partial charge in [-0.3, -0.25) is 4.98 Å². The second-order valence-electron chi connectivity index (χ2n) is 3.09. The predicted octanol–water partition coefficient (Wildman–Crippen LogP) is 1.71. The highest BCUT2D eigenvalue weighted by Crippen LogP contribution is 2.27. The van der Waals surface area contributed by atoms with Crippen LogP contribution in [0.25, 0.3) is 10.9 Å². The fourth-order valence-electron chi connectivity index (χ4n) is 1.46. The number of benzene rings is 1. The molecule has 0 atom stereocenters. The van der Waals surface area contributed by atoms with Gasteiger partial charge >= 0.3 is 0 Å². The second kappa shape index (κ2) is 2.62. The van der Waals surface area contributed by atoms with Gasteiger partial charge in [-0.15, -0.1) is 0 Å². The van der Waals surface area contributed by atoms with Gasteiger partial charge in [0.2, 0.25) is 0 Å². The molecular weight excluding hydrogens is 162 g/mol. The topological polar surface area (TPSA) is 64.9 Å². The van der Waals surface area contributed by atoms with Crippen LogP contribution in [-0.2, 0) is 0 Å². The quantitative estimate of drug-likeness (QED) is 0.596. The Morgan fingerprint density at radius 2 is 1.92 bits per heavy atom. The minimum Gasteiger partial charge on any atom is -0.397 e. The summed E-state index contributed by atoms with van der Waals surface area (Å²) < 4.78 is 0. The molecule has 0 aliphatic rings. The molecule has 1 heterocycles. The van der Waals surface area contributed by atoms with E-state index in [0.717, 1.165) is 16.5 Å². The zero-order valence-electron chi connectivity index (χ0n) is 7.41.